The number of esters is 1. The number of methoxy groups -OCH3 is 1. The van der Waals surface area contributed by atoms with Crippen LogP contribution >= 0.6 is 22.7 Å². The van der Waals surface area contributed by atoms with E-state index in [2.05, 4.69) is 4.99 Å². The Labute approximate surface area is 193 Å². The molecule has 8 heteroatoms. The van der Waals surface area contributed by atoms with Crippen molar-refractivity contribution in [1.29, 1.82) is 0 Å². The fourth-order valence-electron chi connectivity index (χ4n) is 3.55. The number of carbonyl (C=O) groups is 1. The molecule has 0 saturated heterocycles. The Morgan fingerprint density at radius 1 is 1.25 bits per heavy atom. The van der Waals surface area contributed by atoms with Gasteiger partial charge in [-0.05, 0) is 36.4 Å². The predicted octanol–water partition coefficient (Wildman–Crippen LogP) is 3.50. The number of thiophene rings is 1. The third kappa shape index (κ3) is 4.20. The maximum atomic E-state index is 13.5. The molecule has 0 unspecified atom stereocenters. The van der Waals surface area contributed by atoms with Crippen molar-refractivity contribution < 1.29 is 14.3 Å². The van der Waals surface area contributed by atoms with Crippen LogP contribution in [0.4, 0.5) is 0 Å². The Balaban J connectivity index is 1.89. The normalized spacial score (nSPS) is 16.2. The minimum Gasteiger partial charge on any atom is -0.496 e. The van der Waals surface area contributed by atoms with Crippen molar-refractivity contribution in [3.05, 3.63) is 83.2 Å². The van der Waals surface area contributed by atoms with Crippen molar-refractivity contribution in [1.82, 2.24) is 4.57 Å². The fraction of sp³-hybridized carbons (Fsp3) is 0.292. The molecule has 1 atom stereocenters. The molecule has 0 spiro atoms. The average molecular weight is 469 g/mol. The summed E-state index contributed by atoms with van der Waals surface area (Å²) in [6.45, 7) is 6.07. The molecule has 3 aromatic rings. The maximum absolute atomic E-state index is 13.5. The van der Waals surface area contributed by atoms with Crippen molar-refractivity contribution in [3.63, 3.8) is 0 Å². The van der Waals surface area contributed by atoms with Crippen molar-refractivity contribution in [2.75, 3.05) is 13.7 Å². The third-order valence-electron chi connectivity index (χ3n) is 5.03. The second kappa shape index (κ2) is 9.26. The average Bonchev–Trinajstić information content (AvgIpc) is 3.40. The second-order valence-corrected chi connectivity index (χ2v) is 9.82. The van der Waals surface area contributed by atoms with Crippen LogP contribution in [0, 0.1) is 5.92 Å². The van der Waals surface area contributed by atoms with E-state index in [4.69, 9.17) is 9.47 Å². The highest BCUT2D eigenvalue weighted by Gasteiger charge is 2.34. The molecule has 32 heavy (non-hydrogen) atoms. The molecule has 6 nitrogen and oxygen atoms in total. The van der Waals surface area contributed by atoms with E-state index in [1.54, 1.807) is 18.6 Å². The van der Waals surface area contributed by atoms with Gasteiger partial charge in [0.25, 0.3) is 5.56 Å². The lowest BCUT2D eigenvalue weighted by molar-refractivity contribution is -0.140. The third-order valence-corrected chi connectivity index (χ3v) is 6.94. The zero-order valence-electron chi connectivity index (χ0n) is 18.3. The van der Waals surface area contributed by atoms with E-state index in [1.165, 1.54) is 22.7 Å². The van der Waals surface area contributed by atoms with Gasteiger partial charge in [-0.2, -0.15) is 0 Å². The number of nitrogens with zero attached hydrogens (tertiary/aromatic N) is 2. The zero-order chi connectivity index (χ0) is 22.8. The minimum atomic E-state index is -0.564. The number of ether oxygens (including phenoxy) is 2. The Hall–Kier alpha value is -2.97. The molecule has 4 rings (SSSR count). The Kier molecular flexibility index (Phi) is 6.43. The first-order chi connectivity index (χ1) is 15.4. The number of hydrogen-bond donors (Lipinski definition) is 0. The van der Waals surface area contributed by atoms with Gasteiger partial charge in [0, 0.05) is 10.4 Å². The highest BCUT2D eigenvalue weighted by Crippen LogP contribution is 2.33. The smallest absolute Gasteiger partial charge is 0.338 e. The van der Waals surface area contributed by atoms with Crippen molar-refractivity contribution >= 4 is 34.7 Å². The molecule has 2 aromatic heterocycles. The molecule has 3 heterocycles. The number of benzene rings is 1. The van der Waals surface area contributed by atoms with Gasteiger partial charge in [-0.1, -0.05) is 49.4 Å². The van der Waals surface area contributed by atoms with Crippen molar-refractivity contribution in [3.8, 4) is 5.75 Å². The number of allylic oxidation sites excluding steroid dienone is 1. The molecule has 0 N–H and O–H groups in total. The largest absolute Gasteiger partial charge is 0.496 e. The second-order valence-electron chi connectivity index (χ2n) is 7.83. The van der Waals surface area contributed by atoms with Crippen LogP contribution in [0.15, 0.2) is 62.8 Å². The monoisotopic (exact) mass is 468 g/mol. The van der Waals surface area contributed by atoms with Crippen LogP contribution in [-0.2, 0) is 9.53 Å². The number of rotatable bonds is 6. The fourth-order valence-corrected chi connectivity index (χ4v) is 5.41. The van der Waals surface area contributed by atoms with Crippen LogP contribution < -0.4 is 19.6 Å². The van der Waals surface area contributed by atoms with Crippen LogP contribution in [0.2, 0.25) is 0 Å². The summed E-state index contributed by atoms with van der Waals surface area (Å²) in [6.07, 6.45) is 1.81. The lowest BCUT2D eigenvalue weighted by Gasteiger charge is -2.23. The van der Waals surface area contributed by atoms with Gasteiger partial charge in [0.05, 0.1) is 29.5 Å². The first-order valence-electron chi connectivity index (χ1n) is 10.3. The van der Waals surface area contributed by atoms with Gasteiger partial charge in [0.15, 0.2) is 4.80 Å². The van der Waals surface area contributed by atoms with Crippen molar-refractivity contribution in [2.45, 2.75) is 26.8 Å². The van der Waals surface area contributed by atoms with E-state index in [9.17, 15) is 9.59 Å². The summed E-state index contributed by atoms with van der Waals surface area (Å²) in [5.41, 5.74) is 1.59. The molecule has 0 fully saturated rings. The van der Waals surface area contributed by atoms with E-state index in [1.807, 2.05) is 61.7 Å². The lowest BCUT2D eigenvalue weighted by Crippen LogP contribution is -2.39. The lowest BCUT2D eigenvalue weighted by atomic mass is 10.0. The molecule has 0 amide bonds. The highest BCUT2D eigenvalue weighted by molar-refractivity contribution is 7.10. The van der Waals surface area contributed by atoms with Crippen LogP contribution in [0.3, 0.4) is 0 Å². The van der Waals surface area contributed by atoms with Gasteiger partial charge in [-0.25, -0.2) is 9.79 Å². The zero-order valence-corrected chi connectivity index (χ0v) is 20.0. The Bertz CT molecular complexity index is 1350. The van der Waals surface area contributed by atoms with Crippen LogP contribution in [-0.4, -0.2) is 24.3 Å². The highest BCUT2D eigenvalue weighted by atomic mass is 32.1. The van der Waals surface area contributed by atoms with Crippen LogP contribution in [0.25, 0.3) is 6.08 Å². The molecule has 1 aliphatic rings. The number of hydrogen-bond acceptors (Lipinski definition) is 7. The SMILES string of the molecule is COc1ccccc1/C=c1/sc2n(c1=O)[C@@H](c1cccs1)C(C(=O)OCC(C)C)=C(C)N=2. The van der Waals surface area contributed by atoms with Gasteiger partial charge < -0.3 is 9.47 Å². The Morgan fingerprint density at radius 3 is 2.72 bits per heavy atom. The number of para-hydroxylation sites is 1. The summed E-state index contributed by atoms with van der Waals surface area (Å²) in [6, 6.07) is 10.8. The van der Waals surface area contributed by atoms with Crippen molar-refractivity contribution in [2.24, 2.45) is 10.9 Å². The predicted molar refractivity (Wildman–Crippen MR) is 127 cm³/mol. The molecule has 166 valence electrons. The number of aromatic nitrogens is 1. The Morgan fingerprint density at radius 2 is 2.03 bits per heavy atom. The van der Waals surface area contributed by atoms with E-state index in [0.29, 0.717) is 33.0 Å². The van der Waals surface area contributed by atoms with Gasteiger partial charge in [0.2, 0.25) is 0 Å². The van der Waals surface area contributed by atoms with Gasteiger partial charge in [-0.3, -0.25) is 9.36 Å². The van der Waals surface area contributed by atoms with E-state index in [-0.39, 0.29) is 11.5 Å². The summed E-state index contributed by atoms with van der Waals surface area (Å²) >= 11 is 2.80. The molecule has 0 aliphatic carbocycles. The van der Waals surface area contributed by atoms with Gasteiger partial charge >= 0.3 is 5.97 Å². The molecule has 0 bridgehead atoms. The van der Waals surface area contributed by atoms with Gasteiger partial charge in [-0.15, -0.1) is 11.3 Å². The quantitative estimate of drug-likeness (QED) is 0.519. The summed E-state index contributed by atoms with van der Waals surface area (Å²) in [5, 5.41) is 1.94. The molecule has 0 radical (unpaired) electrons. The summed E-state index contributed by atoms with van der Waals surface area (Å²) in [7, 11) is 1.60. The maximum Gasteiger partial charge on any atom is 0.338 e. The number of fused-ring (bicyclic) bond motifs is 1. The number of thiazole rings is 1. The molecular formula is C24H24N2O4S2. The minimum absolute atomic E-state index is 0.195. The molecule has 0 saturated carbocycles. The molecular weight excluding hydrogens is 444 g/mol. The summed E-state index contributed by atoms with van der Waals surface area (Å²) < 4.78 is 13.1. The topological polar surface area (TPSA) is 69.9 Å². The molecule has 1 aromatic carbocycles. The summed E-state index contributed by atoms with van der Waals surface area (Å²) in [5.74, 6) is 0.460. The van der Waals surface area contributed by atoms with Crippen LogP contribution in [0.5, 0.6) is 5.75 Å². The molecule has 1 aliphatic heterocycles. The standard InChI is InChI=1S/C24H24N2O4S2/c1-14(2)13-30-23(28)20-15(3)25-24-26(21(20)18-10-7-11-31-18)22(27)19(32-24)12-16-8-5-6-9-17(16)29-4/h5-12,14,21H,13H2,1-4H3/b19-12+/t21-/m0/s1. The van der Waals surface area contributed by atoms with Crippen LogP contribution in [0.1, 0.15) is 37.3 Å². The summed E-state index contributed by atoms with van der Waals surface area (Å²) in [4.78, 5) is 32.7. The van der Waals surface area contributed by atoms with E-state index >= 15 is 0 Å². The first-order valence-corrected chi connectivity index (χ1v) is 12.0. The van der Waals surface area contributed by atoms with E-state index < -0.39 is 12.0 Å². The number of carbonyl (C=O) groups excluding carboxylic acids is 1. The first kappa shape index (κ1) is 22.2. The van der Waals surface area contributed by atoms with Gasteiger partial charge in [0.1, 0.15) is 11.8 Å². The van der Waals surface area contributed by atoms with E-state index in [0.717, 1.165) is 10.4 Å².